The van der Waals surface area contributed by atoms with E-state index < -0.39 is 11.4 Å². The highest BCUT2D eigenvalue weighted by atomic mass is 79.9. The number of methoxy groups -OCH3 is 2. The van der Waals surface area contributed by atoms with Crippen molar-refractivity contribution in [3.05, 3.63) is 21.7 Å². The van der Waals surface area contributed by atoms with Crippen molar-refractivity contribution in [3.8, 4) is 11.5 Å². The molecule has 1 rings (SSSR count). The van der Waals surface area contributed by atoms with Gasteiger partial charge in [-0.1, -0.05) is 36.7 Å². The zero-order chi connectivity index (χ0) is 15.5. The summed E-state index contributed by atoms with van der Waals surface area (Å²) < 4.78 is 11.7. The van der Waals surface area contributed by atoms with E-state index in [-0.39, 0.29) is 6.42 Å². The molecule has 4 nitrogen and oxygen atoms in total. The van der Waals surface area contributed by atoms with Gasteiger partial charge in [0.05, 0.1) is 20.6 Å². The maximum Gasteiger partial charge on any atom is 0.304 e. The number of rotatable bonds is 6. The molecule has 0 radical (unpaired) electrons. The van der Waals surface area contributed by atoms with Crippen molar-refractivity contribution < 1.29 is 19.4 Å². The number of hydrogen-bond donors (Lipinski definition) is 1. The quantitative estimate of drug-likeness (QED) is 0.853. The zero-order valence-electron chi connectivity index (χ0n) is 12.5. The van der Waals surface area contributed by atoms with Gasteiger partial charge < -0.3 is 14.6 Å². The Morgan fingerprint density at radius 3 is 2.35 bits per heavy atom. The Labute approximate surface area is 128 Å². The van der Waals surface area contributed by atoms with E-state index in [4.69, 9.17) is 14.6 Å². The summed E-state index contributed by atoms with van der Waals surface area (Å²) >= 11 is 3.59. The van der Waals surface area contributed by atoms with Gasteiger partial charge in [-0.3, -0.25) is 4.79 Å². The van der Waals surface area contributed by atoms with Gasteiger partial charge in [-0.25, -0.2) is 0 Å². The molecule has 1 aromatic carbocycles. The first kappa shape index (κ1) is 16.8. The number of aryl methyl sites for hydroxylation is 1. The molecule has 1 aromatic rings. The molecule has 20 heavy (non-hydrogen) atoms. The van der Waals surface area contributed by atoms with Crippen molar-refractivity contribution in [3.63, 3.8) is 0 Å². The van der Waals surface area contributed by atoms with E-state index in [1.54, 1.807) is 14.2 Å². The molecule has 0 aliphatic rings. The van der Waals surface area contributed by atoms with Crippen LogP contribution in [-0.2, 0) is 16.6 Å². The molecule has 0 unspecified atom stereocenters. The van der Waals surface area contributed by atoms with E-state index in [0.29, 0.717) is 11.5 Å². The molecule has 0 spiro atoms. The van der Waals surface area contributed by atoms with E-state index >= 15 is 0 Å². The summed E-state index contributed by atoms with van der Waals surface area (Å²) in [4.78, 5) is 11.1. The molecule has 1 N–H and O–H groups in total. The molecule has 0 bridgehead atoms. The molecule has 5 heteroatoms. The lowest BCUT2D eigenvalue weighted by Crippen LogP contribution is -2.24. The van der Waals surface area contributed by atoms with Crippen molar-refractivity contribution in [2.75, 3.05) is 14.2 Å². The van der Waals surface area contributed by atoms with Crippen LogP contribution >= 0.6 is 15.9 Å². The van der Waals surface area contributed by atoms with E-state index in [9.17, 15) is 4.79 Å². The predicted molar refractivity (Wildman–Crippen MR) is 81.9 cm³/mol. The fourth-order valence-corrected chi connectivity index (χ4v) is 3.46. The Balaban J connectivity index is 3.60. The van der Waals surface area contributed by atoms with Gasteiger partial charge >= 0.3 is 5.97 Å². The second-order valence-corrected chi connectivity index (χ2v) is 6.06. The summed E-state index contributed by atoms with van der Waals surface area (Å²) in [5.41, 5.74) is 1.32. The second kappa shape index (κ2) is 6.48. The topological polar surface area (TPSA) is 55.8 Å². The lowest BCUT2D eigenvalue weighted by Gasteiger charge is -2.29. The molecule has 112 valence electrons. The number of hydrogen-bond acceptors (Lipinski definition) is 3. The van der Waals surface area contributed by atoms with E-state index in [1.165, 1.54) is 0 Å². The minimum atomic E-state index is -0.843. The van der Waals surface area contributed by atoms with Crippen LogP contribution in [0.4, 0.5) is 0 Å². The van der Waals surface area contributed by atoms with Gasteiger partial charge in [0, 0.05) is 15.5 Å². The first-order valence-corrected chi connectivity index (χ1v) is 7.23. The molecule has 0 heterocycles. The minimum absolute atomic E-state index is 0.0122. The number of halogens is 1. The number of aliphatic carboxylic acids is 1. The molecule has 0 aliphatic heterocycles. The second-order valence-electron chi connectivity index (χ2n) is 5.27. The highest BCUT2D eigenvalue weighted by molar-refractivity contribution is 9.10. The smallest absolute Gasteiger partial charge is 0.304 e. The minimum Gasteiger partial charge on any atom is -0.493 e. The molecular formula is C15H21BrO4. The van der Waals surface area contributed by atoms with Crippen LogP contribution in [0.3, 0.4) is 0 Å². The SMILES string of the molecule is CCc1cc(OC)c(OC)c(C(C)(C)CC(=O)O)c1Br. The molecule has 0 amide bonds. The van der Waals surface area contributed by atoms with E-state index in [0.717, 1.165) is 22.0 Å². The lowest BCUT2D eigenvalue weighted by atomic mass is 9.80. The molecule has 0 aliphatic carbocycles. The Morgan fingerprint density at radius 1 is 1.35 bits per heavy atom. The summed E-state index contributed by atoms with van der Waals surface area (Å²) in [7, 11) is 3.15. The van der Waals surface area contributed by atoms with Gasteiger partial charge in [-0.15, -0.1) is 0 Å². The summed E-state index contributed by atoms with van der Waals surface area (Å²) in [6, 6.07) is 1.92. The van der Waals surface area contributed by atoms with Gasteiger partial charge in [0.25, 0.3) is 0 Å². The predicted octanol–water partition coefficient (Wildman–Crippen LogP) is 3.78. The van der Waals surface area contributed by atoms with Gasteiger partial charge in [0.15, 0.2) is 11.5 Å². The number of benzene rings is 1. The average Bonchev–Trinajstić information content (AvgIpc) is 2.35. The average molecular weight is 345 g/mol. The van der Waals surface area contributed by atoms with Crippen molar-refractivity contribution in [2.45, 2.75) is 39.0 Å². The Hall–Kier alpha value is -1.23. The maximum absolute atomic E-state index is 11.1. The molecule has 0 saturated carbocycles. The van der Waals surface area contributed by atoms with Crippen LogP contribution in [0.2, 0.25) is 0 Å². The number of ether oxygens (including phenoxy) is 2. The van der Waals surface area contributed by atoms with Crippen molar-refractivity contribution >= 4 is 21.9 Å². The monoisotopic (exact) mass is 344 g/mol. The molecule has 0 fully saturated rings. The summed E-state index contributed by atoms with van der Waals surface area (Å²) in [6.45, 7) is 5.82. The summed E-state index contributed by atoms with van der Waals surface area (Å²) in [6.07, 6.45) is 0.829. The molecule has 0 saturated heterocycles. The fraction of sp³-hybridized carbons (Fsp3) is 0.533. The normalized spacial score (nSPS) is 11.3. The Morgan fingerprint density at radius 2 is 1.95 bits per heavy atom. The van der Waals surface area contributed by atoms with Gasteiger partial charge in [-0.2, -0.15) is 0 Å². The van der Waals surface area contributed by atoms with E-state index in [2.05, 4.69) is 15.9 Å². The largest absolute Gasteiger partial charge is 0.493 e. The first-order valence-electron chi connectivity index (χ1n) is 6.44. The summed E-state index contributed by atoms with van der Waals surface area (Å²) in [5, 5.41) is 9.13. The van der Waals surface area contributed by atoms with Crippen LogP contribution in [0, 0.1) is 0 Å². The van der Waals surface area contributed by atoms with Gasteiger partial charge in [0.2, 0.25) is 0 Å². The maximum atomic E-state index is 11.1. The standard InChI is InChI=1S/C15H21BrO4/c1-6-9-7-10(19-4)14(20-5)12(13(9)16)15(2,3)8-11(17)18/h7H,6,8H2,1-5H3,(H,17,18). The summed E-state index contributed by atoms with van der Waals surface area (Å²) in [5.74, 6) is 0.369. The van der Waals surface area contributed by atoms with Crippen LogP contribution in [0.5, 0.6) is 11.5 Å². The van der Waals surface area contributed by atoms with Gasteiger partial charge in [-0.05, 0) is 18.1 Å². The molecule has 0 atom stereocenters. The number of carboxylic acids is 1. The van der Waals surface area contributed by atoms with E-state index in [1.807, 2.05) is 26.8 Å². The first-order chi connectivity index (χ1) is 9.28. The lowest BCUT2D eigenvalue weighted by molar-refractivity contribution is -0.138. The molecular weight excluding hydrogens is 324 g/mol. The van der Waals surface area contributed by atoms with Crippen molar-refractivity contribution in [2.24, 2.45) is 0 Å². The van der Waals surface area contributed by atoms with Crippen LogP contribution in [0.1, 0.15) is 38.3 Å². The third-order valence-corrected chi connectivity index (χ3v) is 4.24. The number of carbonyl (C=O) groups is 1. The third kappa shape index (κ3) is 3.26. The highest BCUT2D eigenvalue weighted by Gasteiger charge is 2.32. The highest BCUT2D eigenvalue weighted by Crippen LogP contribution is 2.46. The number of carboxylic acid groups (broad SMARTS) is 1. The third-order valence-electron chi connectivity index (χ3n) is 3.33. The Bertz CT molecular complexity index is 509. The van der Waals surface area contributed by atoms with Crippen LogP contribution in [-0.4, -0.2) is 25.3 Å². The van der Waals surface area contributed by atoms with Crippen LogP contribution < -0.4 is 9.47 Å². The zero-order valence-corrected chi connectivity index (χ0v) is 14.1. The Kier molecular flexibility index (Phi) is 5.45. The van der Waals surface area contributed by atoms with Crippen LogP contribution in [0.15, 0.2) is 10.5 Å². The van der Waals surface area contributed by atoms with Gasteiger partial charge in [0.1, 0.15) is 0 Å². The molecule has 0 aromatic heterocycles. The van der Waals surface area contributed by atoms with Crippen LogP contribution in [0.25, 0.3) is 0 Å². The van der Waals surface area contributed by atoms with Crippen molar-refractivity contribution in [1.82, 2.24) is 0 Å². The fourth-order valence-electron chi connectivity index (χ4n) is 2.35. The van der Waals surface area contributed by atoms with Crippen molar-refractivity contribution in [1.29, 1.82) is 0 Å².